The average Bonchev–Trinajstić information content (AvgIpc) is 2.97. The van der Waals surface area contributed by atoms with E-state index in [2.05, 4.69) is 9.71 Å². The molecule has 2 aliphatic rings. The first-order valence-corrected chi connectivity index (χ1v) is 11.0. The lowest BCUT2D eigenvalue weighted by molar-refractivity contribution is -0.159. The number of nitrogens with one attached hydrogen (secondary N) is 1. The van der Waals surface area contributed by atoms with Gasteiger partial charge in [-0.3, -0.25) is 4.79 Å². The summed E-state index contributed by atoms with van der Waals surface area (Å²) in [6.07, 6.45) is 2.02. The molecule has 1 fully saturated rings. The van der Waals surface area contributed by atoms with Crippen molar-refractivity contribution < 1.29 is 22.7 Å². The Hall–Kier alpha value is -2.42. The summed E-state index contributed by atoms with van der Waals surface area (Å²) in [5.41, 5.74) is 0.496. The van der Waals surface area contributed by atoms with Gasteiger partial charge in [-0.05, 0) is 44.7 Å². The Bertz CT molecular complexity index is 897. The molecule has 2 heterocycles. The highest BCUT2D eigenvalue weighted by molar-refractivity contribution is 7.90. The van der Waals surface area contributed by atoms with E-state index in [1.807, 2.05) is 6.92 Å². The molecule has 2 aliphatic heterocycles. The number of hydrogen-bond acceptors (Lipinski definition) is 6. The maximum atomic E-state index is 12.8. The molecule has 0 spiro atoms. The van der Waals surface area contributed by atoms with Crippen molar-refractivity contribution in [1.82, 2.24) is 10.2 Å². The smallest absolute Gasteiger partial charge is 0.329 e. The van der Waals surface area contributed by atoms with Crippen molar-refractivity contribution in [2.24, 2.45) is 4.40 Å². The second-order valence-corrected chi connectivity index (χ2v) is 8.53. The van der Waals surface area contributed by atoms with E-state index >= 15 is 0 Å². The molecule has 28 heavy (non-hydrogen) atoms. The summed E-state index contributed by atoms with van der Waals surface area (Å²) in [6, 6.07) is 5.92. The van der Waals surface area contributed by atoms with E-state index in [1.54, 1.807) is 23.1 Å². The number of piperidine rings is 1. The maximum absolute atomic E-state index is 12.8. The molecule has 8 nitrogen and oxygen atoms in total. The molecule has 0 aliphatic carbocycles. The number of benzene rings is 1. The summed E-state index contributed by atoms with van der Waals surface area (Å²) in [5.74, 6) is -0.604. The highest BCUT2D eigenvalue weighted by atomic mass is 32.2. The van der Waals surface area contributed by atoms with E-state index in [0.29, 0.717) is 25.1 Å². The lowest BCUT2D eigenvalue weighted by Gasteiger charge is -2.35. The number of rotatable bonds is 5. The number of likely N-dealkylation sites (tertiary alicyclic amines) is 1. The molecule has 152 valence electrons. The summed E-state index contributed by atoms with van der Waals surface area (Å²) in [7, 11) is -3.77. The number of carbonyl (C=O) groups is 2. The largest absolute Gasteiger partial charge is 0.451 e. The molecule has 0 bridgehead atoms. The zero-order chi connectivity index (χ0) is 20.3. The van der Waals surface area contributed by atoms with Gasteiger partial charge in [-0.15, -0.1) is 4.40 Å². The summed E-state index contributed by atoms with van der Waals surface area (Å²) < 4.78 is 34.0. The van der Waals surface area contributed by atoms with Crippen LogP contribution in [0.5, 0.6) is 0 Å². The number of fused-ring (bicyclic) bond motifs is 1. The second kappa shape index (κ2) is 8.30. The monoisotopic (exact) mass is 407 g/mol. The third-order valence-corrected chi connectivity index (χ3v) is 6.20. The van der Waals surface area contributed by atoms with Gasteiger partial charge in [0.1, 0.15) is 10.9 Å². The second-order valence-electron chi connectivity index (χ2n) is 6.96. The normalized spacial score (nSPS) is 21.4. The Morgan fingerprint density at radius 1 is 1.32 bits per heavy atom. The first-order chi connectivity index (χ1) is 13.3. The molecule has 1 aromatic rings. The molecule has 2 atom stereocenters. The highest BCUT2D eigenvalue weighted by Gasteiger charge is 2.39. The van der Waals surface area contributed by atoms with Crippen molar-refractivity contribution in [2.75, 3.05) is 13.1 Å². The molecule has 0 saturated carbocycles. The maximum Gasteiger partial charge on any atom is 0.329 e. The summed E-state index contributed by atoms with van der Waals surface area (Å²) in [6.45, 7) is 4.48. The number of ether oxygens (including phenoxy) is 1. The van der Waals surface area contributed by atoms with Gasteiger partial charge in [0.25, 0.3) is 15.9 Å². The van der Waals surface area contributed by atoms with E-state index in [0.717, 1.165) is 19.3 Å². The number of amides is 1. The van der Waals surface area contributed by atoms with Gasteiger partial charge in [0.15, 0.2) is 11.9 Å². The Morgan fingerprint density at radius 3 is 2.82 bits per heavy atom. The van der Waals surface area contributed by atoms with Crippen molar-refractivity contribution in [3.8, 4) is 0 Å². The molecule has 3 rings (SSSR count). The number of hydrogen-bond donors (Lipinski definition) is 1. The molecular formula is C19H25N3O5S. The van der Waals surface area contributed by atoms with Crippen LogP contribution in [0.3, 0.4) is 0 Å². The van der Waals surface area contributed by atoms with Crippen molar-refractivity contribution in [3.63, 3.8) is 0 Å². The van der Waals surface area contributed by atoms with Crippen LogP contribution in [0.15, 0.2) is 33.6 Å². The number of sulfonamides is 1. The fourth-order valence-electron chi connectivity index (χ4n) is 3.42. The van der Waals surface area contributed by atoms with Crippen LogP contribution >= 0.6 is 0 Å². The van der Waals surface area contributed by atoms with Crippen LogP contribution in [-0.2, 0) is 24.3 Å². The molecular weight excluding hydrogens is 382 g/mol. The minimum Gasteiger partial charge on any atom is -0.451 e. The van der Waals surface area contributed by atoms with Gasteiger partial charge in [0.05, 0.1) is 0 Å². The lowest BCUT2D eigenvalue weighted by Crippen LogP contribution is -2.50. The van der Waals surface area contributed by atoms with Gasteiger partial charge in [-0.2, -0.15) is 8.42 Å². The molecule has 0 aromatic heterocycles. The van der Waals surface area contributed by atoms with Gasteiger partial charge in [0.2, 0.25) is 0 Å². The zero-order valence-electron chi connectivity index (χ0n) is 16.1. The number of amidine groups is 1. The van der Waals surface area contributed by atoms with E-state index in [-0.39, 0.29) is 16.6 Å². The van der Waals surface area contributed by atoms with Crippen LogP contribution in [0, 0.1) is 0 Å². The molecule has 9 heteroatoms. The van der Waals surface area contributed by atoms with E-state index in [9.17, 15) is 18.0 Å². The van der Waals surface area contributed by atoms with Crippen molar-refractivity contribution in [1.29, 1.82) is 0 Å². The molecule has 1 N–H and O–H groups in total. The van der Waals surface area contributed by atoms with Crippen molar-refractivity contribution >= 4 is 27.7 Å². The summed E-state index contributed by atoms with van der Waals surface area (Å²) >= 11 is 0. The van der Waals surface area contributed by atoms with Crippen LogP contribution in [0.1, 0.15) is 45.1 Å². The van der Waals surface area contributed by atoms with Gasteiger partial charge >= 0.3 is 5.97 Å². The SMILES string of the molecule is CCCNC(=O)[C@H](C)OC(=O)[C@@H]1CCCCN1C1=NS(=O)(=O)c2ccccc21. The number of carbonyl (C=O) groups excluding carboxylic acids is 2. The minimum atomic E-state index is -3.77. The molecule has 0 unspecified atom stereocenters. The molecule has 1 amide bonds. The van der Waals surface area contributed by atoms with E-state index in [4.69, 9.17) is 4.74 Å². The van der Waals surface area contributed by atoms with Crippen LogP contribution in [0.4, 0.5) is 0 Å². The number of nitrogens with zero attached hydrogens (tertiary/aromatic N) is 2. The van der Waals surface area contributed by atoms with Gasteiger partial charge in [-0.1, -0.05) is 19.1 Å². The third-order valence-electron chi connectivity index (χ3n) is 4.87. The topological polar surface area (TPSA) is 105 Å². The molecule has 1 saturated heterocycles. The standard InChI is InChI=1S/C19H25N3O5S/c1-3-11-20-18(23)13(2)27-19(24)15-9-6-7-12-22(15)17-14-8-4-5-10-16(14)28(25,26)21-17/h4-5,8,10,13,15H,3,6-7,9,11-12H2,1-2H3,(H,20,23)/t13-,15-/m0/s1. The minimum absolute atomic E-state index is 0.148. The predicted octanol–water partition coefficient (Wildman–Crippen LogP) is 1.45. The van der Waals surface area contributed by atoms with Gasteiger partial charge in [0, 0.05) is 18.7 Å². The quantitative estimate of drug-likeness (QED) is 0.741. The first-order valence-electron chi connectivity index (χ1n) is 9.54. The van der Waals surface area contributed by atoms with Crippen LogP contribution in [0.2, 0.25) is 0 Å². The number of esters is 1. The Kier molecular flexibility index (Phi) is 6.02. The highest BCUT2D eigenvalue weighted by Crippen LogP contribution is 2.31. The van der Waals surface area contributed by atoms with Crippen LogP contribution in [0.25, 0.3) is 0 Å². The van der Waals surface area contributed by atoms with Crippen LogP contribution in [-0.4, -0.2) is 56.3 Å². The van der Waals surface area contributed by atoms with Crippen molar-refractivity contribution in [2.45, 2.75) is 56.6 Å². The van der Waals surface area contributed by atoms with Crippen LogP contribution < -0.4 is 5.32 Å². The Morgan fingerprint density at radius 2 is 2.07 bits per heavy atom. The van der Waals surface area contributed by atoms with Gasteiger partial charge < -0.3 is 15.0 Å². The molecule has 1 aromatic carbocycles. The Labute approximate surface area is 165 Å². The third kappa shape index (κ3) is 4.04. The Balaban J connectivity index is 1.80. The predicted molar refractivity (Wildman–Crippen MR) is 103 cm³/mol. The average molecular weight is 407 g/mol. The summed E-state index contributed by atoms with van der Waals surface area (Å²) in [5, 5.41) is 2.70. The lowest BCUT2D eigenvalue weighted by atomic mass is 10.0. The fourth-order valence-corrected chi connectivity index (χ4v) is 4.64. The van der Waals surface area contributed by atoms with E-state index in [1.165, 1.54) is 13.0 Å². The fraction of sp³-hybridized carbons (Fsp3) is 0.526. The van der Waals surface area contributed by atoms with E-state index < -0.39 is 28.1 Å². The zero-order valence-corrected chi connectivity index (χ0v) is 16.9. The van der Waals surface area contributed by atoms with Crippen molar-refractivity contribution in [3.05, 3.63) is 29.8 Å². The summed E-state index contributed by atoms with van der Waals surface area (Å²) in [4.78, 5) is 26.6. The van der Waals surface area contributed by atoms with Gasteiger partial charge in [-0.25, -0.2) is 4.79 Å². The molecule has 0 radical (unpaired) electrons. The first kappa shape index (κ1) is 20.3.